The first kappa shape index (κ1) is 12.6. The molecule has 5 nitrogen and oxygen atoms in total. The second kappa shape index (κ2) is 5.60. The summed E-state index contributed by atoms with van der Waals surface area (Å²) in [5.74, 6) is -0.250. The van der Waals surface area contributed by atoms with E-state index in [0.29, 0.717) is 16.7 Å². The van der Waals surface area contributed by atoms with E-state index >= 15 is 0 Å². The van der Waals surface area contributed by atoms with E-state index < -0.39 is 0 Å². The molecular formula is C10H12BrN3O2. The third kappa shape index (κ3) is 3.03. The van der Waals surface area contributed by atoms with Crippen LogP contribution in [0.25, 0.3) is 0 Å². The van der Waals surface area contributed by atoms with Gasteiger partial charge in [0.15, 0.2) is 0 Å². The number of carbonyl (C=O) groups excluding carboxylic acids is 1. The van der Waals surface area contributed by atoms with Crippen molar-refractivity contribution in [3.05, 3.63) is 39.5 Å². The lowest BCUT2D eigenvalue weighted by Crippen LogP contribution is -2.33. The molecule has 0 saturated carbocycles. The van der Waals surface area contributed by atoms with Gasteiger partial charge in [0.05, 0.1) is 12.0 Å². The summed E-state index contributed by atoms with van der Waals surface area (Å²) in [7, 11) is 0. The quantitative estimate of drug-likeness (QED) is 0.825. The summed E-state index contributed by atoms with van der Waals surface area (Å²) in [5.41, 5.74) is 0.342. The highest BCUT2D eigenvalue weighted by Crippen LogP contribution is 2.05. The first-order chi connectivity index (χ1) is 7.56. The largest absolute Gasteiger partial charge is 0.351 e. The van der Waals surface area contributed by atoms with Crippen LogP contribution in [-0.2, 0) is 11.3 Å². The Labute approximate surface area is 101 Å². The molecule has 0 fully saturated rings. The van der Waals surface area contributed by atoms with Crippen LogP contribution in [0, 0.1) is 6.92 Å². The zero-order valence-corrected chi connectivity index (χ0v) is 10.5. The fraction of sp³-hybridized carbons (Fsp3) is 0.300. The average molecular weight is 286 g/mol. The molecule has 1 aromatic heterocycles. The van der Waals surface area contributed by atoms with E-state index in [1.807, 2.05) is 0 Å². The third-order valence-corrected chi connectivity index (χ3v) is 2.83. The lowest BCUT2D eigenvalue weighted by atomic mass is 10.4. The van der Waals surface area contributed by atoms with Gasteiger partial charge >= 0.3 is 0 Å². The number of rotatable bonds is 4. The van der Waals surface area contributed by atoms with Gasteiger partial charge in [0.1, 0.15) is 11.0 Å². The first-order valence-electron chi connectivity index (χ1n) is 4.65. The van der Waals surface area contributed by atoms with E-state index in [2.05, 4.69) is 32.8 Å². The van der Waals surface area contributed by atoms with Crippen LogP contribution in [0.3, 0.4) is 0 Å². The molecule has 0 aliphatic heterocycles. The van der Waals surface area contributed by atoms with Crippen LogP contribution in [0.4, 0.5) is 0 Å². The number of amides is 1. The number of hydrogen-bond donors (Lipinski definition) is 1. The third-order valence-electron chi connectivity index (χ3n) is 1.91. The smallest absolute Gasteiger partial charge is 0.268 e. The van der Waals surface area contributed by atoms with Gasteiger partial charge in [0.25, 0.3) is 5.56 Å². The van der Waals surface area contributed by atoms with Crippen LogP contribution in [0.15, 0.2) is 28.2 Å². The molecule has 1 heterocycles. The number of aromatic nitrogens is 2. The minimum Gasteiger partial charge on any atom is -0.351 e. The van der Waals surface area contributed by atoms with Crippen LogP contribution in [0.5, 0.6) is 0 Å². The van der Waals surface area contributed by atoms with E-state index in [4.69, 9.17) is 0 Å². The van der Waals surface area contributed by atoms with E-state index in [-0.39, 0.29) is 18.0 Å². The molecule has 0 aromatic carbocycles. The Morgan fingerprint density at radius 2 is 2.44 bits per heavy atom. The summed E-state index contributed by atoms with van der Waals surface area (Å²) in [6, 6.07) is 0. The molecule has 1 N–H and O–H groups in total. The molecule has 6 heteroatoms. The Kier molecular flexibility index (Phi) is 4.42. The number of halogens is 1. The monoisotopic (exact) mass is 285 g/mol. The van der Waals surface area contributed by atoms with Crippen molar-refractivity contribution in [2.45, 2.75) is 13.5 Å². The standard InChI is InChI=1S/C10H12BrN3O2/c1-3-4-12-8(15)5-14-6-13-7(2)9(11)10(14)16/h3,6H,1,4-5H2,2H3,(H,12,15). The molecular weight excluding hydrogens is 274 g/mol. The van der Waals surface area contributed by atoms with Crippen LogP contribution < -0.4 is 10.9 Å². The van der Waals surface area contributed by atoms with Crippen molar-refractivity contribution in [2.75, 3.05) is 6.54 Å². The maximum absolute atomic E-state index is 11.7. The van der Waals surface area contributed by atoms with Gasteiger partial charge in [-0.2, -0.15) is 0 Å². The molecule has 1 aromatic rings. The summed E-state index contributed by atoms with van der Waals surface area (Å²) in [4.78, 5) is 27.0. The van der Waals surface area contributed by atoms with Crippen molar-refractivity contribution < 1.29 is 4.79 Å². The predicted molar refractivity (Wildman–Crippen MR) is 64.1 cm³/mol. The molecule has 0 bridgehead atoms. The normalized spacial score (nSPS) is 9.88. The van der Waals surface area contributed by atoms with Crippen LogP contribution in [-0.4, -0.2) is 22.0 Å². The number of nitrogens with one attached hydrogen (secondary N) is 1. The highest BCUT2D eigenvalue weighted by Gasteiger charge is 2.08. The SMILES string of the molecule is C=CCNC(=O)Cn1cnc(C)c(Br)c1=O. The van der Waals surface area contributed by atoms with Crippen molar-refractivity contribution >= 4 is 21.8 Å². The summed E-state index contributed by atoms with van der Waals surface area (Å²) in [6.45, 7) is 5.54. The summed E-state index contributed by atoms with van der Waals surface area (Å²) < 4.78 is 1.63. The minimum absolute atomic E-state index is 0.0431. The van der Waals surface area contributed by atoms with Crippen molar-refractivity contribution in [1.29, 1.82) is 0 Å². The first-order valence-corrected chi connectivity index (χ1v) is 5.44. The van der Waals surface area contributed by atoms with E-state index in [0.717, 1.165) is 0 Å². The second-order valence-electron chi connectivity index (χ2n) is 3.17. The van der Waals surface area contributed by atoms with E-state index in [1.165, 1.54) is 10.9 Å². The van der Waals surface area contributed by atoms with Crippen LogP contribution >= 0.6 is 15.9 Å². The molecule has 0 spiro atoms. The molecule has 0 atom stereocenters. The van der Waals surface area contributed by atoms with Crippen LogP contribution in [0.2, 0.25) is 0 Å². The highest BCUT2D eigenvalue weighted by molar-refractivity contribution is 9.10. The Hall–Kier alpha value is -1.43. The van der Waals surface area contributed by atoms with Gasteiger partial charge in [0.2, 0.25) is 5.91 Å². The van der Waals surface area contributed by atoms with Crippen molar-refractivity contribution in [3.63, 3.8) is 0 Å². The van der Waals surface area contributed by atoms with Gasteiger partial charge in [-0.3, -0.25) is 14.2 Å². The van der Waals surface area contributed by atoms with Gasteiger partial charge in [-0.05, 0) is 22.9 Å². The topological polar surface area (TPSA) is 64.0 Å². The summed E-state index contributed by atoms with van der Waals surface area (Å²) in [5, 5.41) is 2.58. The van der Waals surface area contributed by atoms with Crippen molar-refractivity contribution in [1.82, 2.24) is 14.9 Å². The molecule has 0 aliphatic carbocycles. The fourth-order valence-corrected chi connectivity index (χ4v) is 1.39. The Morgan fingerprint density at radius 1 is 1.75 bits per heavy atom. The maximum Gasteiger partial charge on any atom is 0.268 e. The van der Waals surface area contributed by atoms with Gasteiger partial charge in [-0.1, -0.05) is 6.08 Å². The van der Waals surface area contributed by atoms with Crippen LogP contribution in [0.1, 0.15) is 5.69 Å². The minimum atomic E-state index is -0.263. The average Bonchev–Trinajstić information content (AvgIpc) is 2.27. The molecule has 0 saturated heterocycles. The van der Waals surface area contributed by atoms with E-state index in [1.54, 1.807) is 13.0 Å². The number of nitrogens with zero attached hydrogens (tertiary/aromatic N) is 2. The Morgan fingerprint density at radius 3 is 3.06 bits per heavy atom. The van der Waals surface area contributed by atoms with Crippen molar-refractivity contribution in [3.8, 4) is 0 Å². The van der Waals surface area contributed by atoms with Gasteiger partial charge in [0, 0.05) is 6.54 Å². The Bertz CT molecular complexity index is 468. The fourth-order valence-electron chi connectivity index (χ4n) is 1.06. The lowest BCUT2D eigenvalue weighted by Gasteiger charge is -2.06. The Balaban J connectivity index is 2.82. The number of aryl methyl sites for hydroxylation is 1. The maximum atomic E-state index is 11.7. The summed E-state index contributed by atoms with van der Waals surface area (Å²) in [6.07, 6.45) is 2.93. The highest BCUT2D eigenvalue weighted by atomic mass is 79.9. The number of carbonyl (C=O) groups is 1. The van der Waals surface area contributed by atoms with Gasteiger partial charge in [-0.25, -0.2) is 4.98 Å². The number of hydrogen-bond acceptors (Lipinski definition) is 3. The van der Waals surface area contributed by atoms with Gasteiger partial charge in [-0.15, -0.1) is 6.58 Å². The molecule has 0 unspecified atom stereocenters. The molecule has 0 aliphatic rings. The second-order valence-corrected chi connectivity index (χ2v) is 3.96. The summed E-state index contributed by atoms with van der Waals surface area (Å²) >= 11 is 3.13. The molecule has 0 radical (unpaired) electrons. The van der Waals surface area contributed by atoms with Gasteiger partial charge < -0.3 is 5.32 Å². The molecule has 86 valence electrons. The predicted octanol–water partition coefficient (Wildman–Crippen LogP) is 0.616. The molecule has 1 amide bonds. The van der Waals surface area contributed by atoms with E-state index in [9.17, 15) is 9.59 Å². The lowest BCUT2D eigenvalue weighted by molar-refractivity contribution is -0.121. The zero-order valence-electron chi connectivity index (χ0n) is 8.86. The molecule has 1 rings (SSSR count). The molecule has 16 heavy (non-hydrogen) atoms. The van der Waals surface area contributed by atoms with Crippen molar-refractivity contribution in [2.24, 2.45) is 0 Å². The zero-order chi connectivity index (χ0) is 12.1.